The maximum atomic E-state index is 12.6. The molecule has 1 atom stereocenters. The van der Waals surface area contributed by atoms with E-state index in [4.69, 9.17) is 14.0 Å². The van der Waals surface area contributed by atoms with Crippen molar-refractivity contribution in [2.45, 2.75) is 44.9 Å². The maximum Gasteiger partial charge on any atom is 0.260 e. The monoisotopic (exact) mass is 384 g/mol. The normalized spacial score (nSPS) is 19.9. The number of rotatable bonds is 5. The zero-order valence-electron chi connectivity index (χ0n) is 16.6. The summed E-state index contributed by atoms with van der Waals surface area (Å²) in [6, 6.07) is 7.38. The molecule has 0 radical (unpaired) electrons. The summed E-state index contributed by atoms with van der Waals surface area (Å²) < 4.78 is 16.7. The van der Waals surface area contributed by atoms with Crippen molar-refractivity contribution < 1.29 is 18.8 Å². The largest absolute Gasteiger partial charge is 0.493 e. The Morgan fingerprint density at radius 1 is 1.21 bits per heavy atom. The van der Waals surface area contributed by atoms with Gasteiger partial charge in [0.25, 0.3) is 5.91 Å². The van der Waals surface area contributed by atoms with Crippen LogP contribution in [0.3, 0.4) is 0 Å². The SMILES string of the molecule is COc1ccccc1OCC(=O)N1CCC(c2onc3c2C[C@H](C)CC3)CC1. The van der Waals surface area contributed by atoms with Gasteiger partial charge in [-0.1, -0.05) is 24.2 Å². The van der Waals surface area contributed by atoms with Gasteiger partial charge in [-0.2, -0.15) is 0 Å². The number of hydrogen-bond donors (Lipinski definition) is 0. The molecule has 0 unspecified atom stereocenters. The summed E-state index contributed by atoms with van der Waals surface area (Å²) in [5.41, 5.74) is 2.49. The number of hydrogen-bond acceptors (Lipinski definition) is 5. The number of aromatic nitrogens is 1. The van der Waals surface area contributed by atoms with Crippen molar-refractivity contribution in [3.63, 3.8) is 0 Å². The lowest BCUT2D eigenvalue weighted by atomic mass is 9.83. The summed E-state index contributed by atoms with van der Waals surface area (Å²) in [6.45, 7) is 3.77. The number of ether oxygens (including phenoxy) is 2. The van der Waals surface area contributed by atoms with E-state index < -0.39 is 0 Å². The molecule has 2 aromatic rings. The molecule has 6 nitrogen and oxygen atoms in total. The first-order valence-corrected chi connectivity index (χ1v) is 10.2. The molecule has 2 aliphatic rings. The van der Waals surface area contributed by atoms with Gasteiger partial charge in [0, 0.05) is 24.6 Å². The summed E-state index contributed by atoms with van der Waals surface area (Å²) in [5.74, 6) is 3.37. The number of benzene rings is 1. The topological polar surface area (TPSA) is 64.8 Å². The van der Waals surface area contributed by atoms with Crippen molar-refractivity contribution in [2.24, 2.45) is 5.92 Å². The molecule has 0 N–H and O–H groups in total. The second-order valence-corrected chi connectivity index (χ2v) is 7.91. The van der Waals surface area contributed by atoms with E-state index in [9.17, 15) is 4.79 Å². The number of carbonyl (C=O) groups excluding carboxylic acids is 1. The minimum absolute atomic E-state index is 0.0116. The third-order valence-electron chi connectivity index (χ3n) is 5.97. The molecule has 1 aliphatic carbocycles. The highest BCUT2D eigenvalue weighted by atomic mass is 16.5. The number of nitrogens with zero attached hydrogens (tertiary/aromatic N) is 2. The van der Waals surface area contributed by atoms with E-state index in [-0.39, 0.29) is 12.5 Å². The van der Waals surface area contributed by atoms with E-state index in [0.717, 1.165) is 50.2 Å². The molecule has 1 aromatic carbocycles. The number of para-hydroxylation sites is 2. The number of fused-ring (bicyclic) bond motifs is 1. The van der Waals surface area contributed by atoms with Crippen LogP contribution in [0.25, 0.3) is 0 Å². The standard InChI is InChI=1S/C22H28N2O4/c1-15-7-8-18-17(13-15)22(28-23-18)16-9-11-24(12-10-16)21(25)14-27-20-6-4-3-5-19(20)26-2/h3-6,15-16H,7-14H2,1-2H3/t15-/m1/s1. The maximum absolute atomic E-state index is 12.6. The van der Waals surface area contributed by atoms with Crippen molar-refractivity contribution in [1.82, 2.24) is 10.1 Å². The lowest BCUT2D eigenvalue weighted by Gasteiger charge is -2.31. The zero-order chi connectivity index (χ0) is 19.5. The van der Waals surface area contributed by atoms with Crippen LogP contribution in [0.15, 0.2) is 28.8 Å². The van der Waals surface area contributed by atoms with Crippen molar-refractivity contribution >= 4 is 5.91 Å². The molecule has 4 rings (SSSR count). The first-order valence-electron chi connectivity index (χ1n) is 10.2. The molecule has 1 aliphatic heterocycles. The lowest BCUT2D eigenvalue weighted by molar-refractivity contribution is -0.134. The fraction of sp³-hybridized carbons (Fsp3) is 0.545. The molecule has 0 saturated carbocycles. The van der Waals surface area contributed by atoms with Crippen molar-refractivity contribution in [2.75, 3.05) is 26.8 Å². The second kappa shape index (κ2) is 8.25. The zero-order valence-corrected chi connectivity index (χ0v) is 16.6. The number of aryl methyl sites for hydroxylation is 1. The number of piperidine rings is 1. The van der Waals surface area contributed by atoms with Gasteiger partial charge in [0.15, 0.2) is 18.1 Å². The summed E-state index contributed by atoms with van der Waals surface area (Å²) in [6.07, 6.45) is 5.11. The molecular formula is C22H28N2O4. The van der Waals surface area contributed by atoms with Crippen molar-refractivity contribution in [3.05, 3.63) is 41.3 Å². The predicted molar refractivity (Wildman–Crippen MR) is 105 cm³/mol. The first-order chi connectivity index (χ1) is 13.7. The van der Waals surface area contributed by atoms with Crippen LogP contribution in [-0.4, -0.2) is 42.8 Å². The summed E-state index contributed by atoms with van der Waals surface area (Å²) in [4.78, 5) is 14.5. The van der Waals surface area contributed by atoms with Crippen LogP contribution < -0.4 is 9.47 Å². The van der Waals surface area contributed by atoms with Crippen LogP contribution in [0, 0.1) is 5.92 Å². The third-order valence-corrected chi connectivity index (χ3v) is 5.97. The highest BCUT2D eigenvalue weighted by molar-refractivity contribution is 5.78. The van der Waals surface area contributed by atoms with E-state index in [1.165, 1.54) is 12.0 Å². The Bertz CT molecular complexity index is 824. The number of likely N-dealkylation sites (tertiary alicyclic amines) is 1. The van der Waals surface area contributed by atoms with Gasteiger partial charge in [-0.3, -0.25) is 4.79 Å². The first kappa shape index (κ1) is 18.8. The van der Waals surface area contributed by atoms with Crippen LogP contribution in [0.4, 0.5) is 0 Å². The molecule has 1 amide bonds. The average Bonchev–Trinajstić information content (AvgIpc) is 3.15. The quantitative estimate of drug-likeness (QED) is 0.788. The van der Waals surface area contributed by atoms with Gasteiger partial charge in [-0.25, -0.2) is 0 Å². The van der Waals surface area contributed by atoms with Gasteiger partial charge in [0.05, 0.1) is 12.8 Å². The molecule has 28 heavy (non-hydrogen) atoms. The molecule has 0 bridgehead atoms. The van der Waals surface area contributed by atoms with Crippen LogP contribution >= 0.6 is 0 Å². The number of methoxy groups -OCH3 is 1. The average molecular weight is 384 g/mol. The van der Waals surface area contributed by atoms with E-state index >= 15 is 0 Å². The summed E-state index contributed by atoms with van der Waals surface area (Å²) >= 11 is 0. The van der Waals surface area contributed by atoms with E-state index in [2.05, 4.69) is 12.1 Å². The summed E-state index contributed by atoms with van der Waals surface area (Å²) in [5, 5.41) is 4.31. The van der Waals surface area contributed by atoms with Gasteiger partial charge in [-0.05, 0) is 50.2 Å². The smallest absolute Gasteiger partial charge is 0.260 e. The second-order valence-electron chi connectivity index (χ2n) is 7.91. The van der Waals surface area contributed by atoms with E-state index in [0.29, 0.717) is 23.3 Å². The molecule has 2 heterocycles. The minimum atomic E-state index is 0.0116. The van der Waals surface area contributed by atoms with Gasteiger partial charge in [-0.15, -0.1) is 0 Å². The molecular weight excluding hydrogens is 356 g/mol. The van der Waals surface area contributed by atoms with Gasteiger partial charge in [0.2, 0.25) is 0 Å². The summed E-state index contributed by atoms with van der Waals surface area (Å²) in [7, 11) is 1.59. The Morgan fingerprint density at radius 3 is 2.71 bits per heavy atom. The van der Waals surface area contributed by atoms with Gasteiger partial charge < -0.3 is 18.9 Å². The molecule has 6 heteroatoms. The fourth-order valence-electron chi connectivity index (χ4n) is 4.29. The van der Waals surface area contributed by atoms with Crippen LogP contribution in [0.1, 0.15) is 49.1 Å². The van der Waals surface area contributed by atoms with E-state index in [1.54, 1.807) is 7.11 Å². The Hall–Kier alpha value is -2.50. The number of carbonyl (C=O) groups is 1. The highest BCUT2D eigenvalue weighted by Crippen LogP contribution is 2.36. The minimum Gasteiger partial charge on any atom is -0.493 e. The van der Waals surface area contributed by atoms with Crippen LogP contribution in [0.2, 0.25) is 0 Å². The third kappa shape index (κ3) is 3.86. The van der Waals surface area contributed by atoms with Crippen LogP contribution in [0.5, 0.6) is 11.5 Å². The Labute approximate surface area is 165 Å². The molecule has 0 spiro atoms. The van der Waals surface area contributed by atoms with Crippen LogP contribution in [-0.2, 0) is 17.6 Å². The number of amides is 1. The molecule has 1 fully saturated rings. The Morgan fingerprint density at radius 2 is 1.96 bits per heavy atom. The van der Waals surface area contributed by atoms with Gasteiger partial charge in [0.1, 0.15) is 5.76 Å². The Kier molecular flexibility index (Phi) is 5.55. The Balaban J connectivity index is 1.32. The fourth-order valence-corrected chi connectivity index (χ4v) is 4.29. The highest BCUT2D eigenvalue weighted by Gasteiger charge is 2.31. The van der Waals surface area contributed by atoms with Crippen molar-refractivity contribution in [1.29, 1.82) is 0 Å². The van der Waals surface area contributed by atoms with Crippen molar-refractivity contribution in [3.8, 4) is 11.5 Å². The van der Waals surface area contributed by atoms with Gasteiger partial charge >= 0.3 is 0 Å². The molecule has 1 aromatic heterocycles. The molecule has 150 valence electrons. The molecule has 1 saturated heterocycles. The lowest BCUT2D eigenvalue weighted by Crippen LogP contribution is -2.40. The van der Waals surface area contributed by atoms with E-state index in [1.807, 2.05) is 29.2 Å². The predicted octanol–water partition coefficient (Wildman–Crippen LogP) is 3.59.